The number of fused-ring (bicyclic) bond motifs is 1. The molecule has 0 spiro atoms. The highest BCUT2D eigenvalue weighted by molar-refractivity contribution is 5.95. The lowest BCUT2D eigenvalue weighted by Crippen LogP contribution is -2.38. The number of para-hydroxylation sites is 3. The zero-order valence-electron chi connectivity index (χ0n) is 18.4. The Hall–Kier alpha value is -4.53. The molecule has 0 fully saturated rings. The molecule has 3 heterocycles. The van der Waals surface area contributed by atoms with Crippen molar-refractivity contribution in [2.45, 2.75) is 13.3 Å². The van der Waals surface area contributed by atoms with Gasteiger partial charge in [-0.3, -0.25) is 19.7 Å². The molecule has 0 aliphatic carbocycles. The second kappa shape index (κ2) is 8.43. The summed E-state index contributed by atoms with van der Waals surface area (Å²) in [5.41, 5.74) is 2.96. The minimum Gasteiger partial charge on any atom is -0.361 e. The number of carbonyl (C=O) groups excluding carboxylic acids is 1. The highest BCUT2D eigenvalue weighted by atomic mass is 16.6. The summed E-state index contributed by atoms with van der Waals surface area (Å²) < 4.78 is 1.28. The summed E-state index contributed by atoms with van der Waals surface area (Å²) in [6.45, 7) is 2.40. The molecule has 1 aliphatic rings. The Bertz CT molecular complexity index is 1530. The zero-order valence-corrected chi connectivity index (χ0v) is 18.4. The van der Waals surface area contributed by atoms with Crippen molar-refractivity contribution in [3.05, 3.63) is 104 Å². The predicted octanol–water partition coefficient (Wildman–Crippen LogP) is 3.86. The first-order valence-corrected chi connectivity index (χ1v) is 10.8. The number of H-pyrrole nitrogens is 1. The van der Waals surface area contributed by atoms with E-state index in [0.717, 1.165) is 22.0 Å². The molecule has 0 saturated heterocycles. The third kappa shape index (κ3) is 3.66. The van der Waals surface area contributed by atoms with Crippen molar-refractivity contribution in [3.8, 4) is 5.69 Å². The number of benzene rings is 2. The van der Waals surface area contributed by atoms with E-state index in [0.29, 0.717) is 25.2 Å². The fourth-order valence-corrected chi connectivity index (χ4v) is 4.32. The molecule has 1 aliphatic heterocycles. The van der Waals surface area contributed by atoms with Crippen molar-refractivity contribution in [3.63, 3.8) is 0 Å². The number of nitrogens with one attached hydrogen (secondary N) is 1. The van der Waals surface area contributed by atoms with E-state index in [1.54, 1.807) is 24.0 Å². The summed E-state index contributed by atoms with van der Waals surface area (Å²) in [6.07, 6.45) is 4.60. The van der Waals surface area contributed by atoms with Crippen molar-refractivity contribution in [2.24, 2.45) is 0 Å². The molecule has 0 unspecified atom stereocenters. The van der Waals surface area contributed by atoms with Crippen molar-refractivity contribution in [1.29, 1.82) is 0 Å². The maximum Gasteiger partial charge on any atom is 0.294 e. The van der Waals surface area contributed by atoms with E-state index in [1.807, 2.05) is 30.5 Å². The Morgan fingerprint density at radius 2 is 1.91 bits per heavy atom. The van der Waals surface area contributed by atoms with Gasteiger partial charge in [-0.15, -0.1) is 0 Å². The van der Waals surface area contributed by atoms with Crippen LogP contribution in [0.15, 0.2) is 71.7 Å². The molecule has 2 aromatic heterocycles. The van der Waals surface area contributed by atoms with Gasteiger partial charge in [0.15, 0.2) is 5.69 Å². The number of nitro benzene ring substituents is 1. The molecule has 2 aromatic carbocycles. The number of aromatic nitrogens is 3. The van der Waals surface area contributed by atoms with Gasteiger partial charge in [0.05, 0.1) is 4.92 Å². The average molecular weight is 455 g/mol. The van der Waals surface area contributed by atoms with Gasteiger partial charge in [0.25, 0.3) is 11.6 Å². The Morgan fingerprint density at radius 3 is 2.68 bits per heavy atom. The number of carbonyl (C=O) groups is 1. The molecule has 1 N–H and O–H groups in total. The normalized spacial score (nSPS) is 13.7. The van der Waals surface area contributed by atoms with E-state index >= 15 is 0 Å². The largest absolute Gasteiger partial charge is 0.361 e. The van der Waals surface area contributed by atoms with Gasteiger partial charge in [-0.2, -0.15) is 5.10 Å². The first kappa shape index (κ1) is 21.3. The van der Waals surface area contributed by atoms with E-state index in [-0.39, 0.29) is 17.1 Å². The van der Waals surface area contributed by atoms with E-state index in [9.17, 15) is 19.7 Å². The summed E-state index contributed by atoms with van der Waals surface area (Å²) in [5, 5.41) is 16.8. The number of hydrogen-bond acceptors (Lipinski definition) is 5. The lowest BCUT2D eigenvalue weighted by molar-refractivity contribution is -0.384. The number of rotatable bonds is 4. The summed E-state index contributed by atoms with van der Waals surface area (Å²) in [4.78, 5) is 41.7. The quantitative estimate of drug-likeness (QED) is 0.371. The third-order valence-electron chi connectivity index (χ3n) is 6.05. The van der Waals surface area contributed by atoms with Gasteiger partial charge in [0.2, 0.25) is 5.43 Å². The number of aryl methyl sites for hydroxylation is 1. The zero-order chi connectivity index (χ0) is 23.8. The lowest BCUT2D eigenvalue weighted by atomic mass is 9.99. The first-order valence-electron chi connectivity index (χ1n) is 10.8. The van der Waals surface area contributed by atoms with Crippen LogP contribution in [0.4, 0.5) is 5.69 Å². The molecule has 5 rings (SSSR count). The van der Waals surface area contributed by atoms with Gasteiger partial charge in [-0.05, 0) is 31.1 Å². The van der Waals surface area contributed by atoms with E-state index in [1.165, 1.54) is 22.9 Å². The van der Waals surface area contributed by atoms with Crippen molar-refractivity contribution >= 4 is 28.1 Å². The van der Waals surface area contributed by atoms with Crippen LogP contribution in [0.25, 0.3) is 22.2 Å². The fourth-order valence-electron chi connectivity index (χ4n) is 4.32. The average Bonchev–Trinajstić information content (AvgIpc) is 3.28. The van der Waals surface area contributed by atoms with Crippen LogP contribution >= 0.6 is 0 Å². The fraction of sp³-hybridized carbons (Fsp3) is 0.160. The number of hydrogen-bond donors (Lipinski definition) is 1. The van der Waals surface area contributed by atoms with Gasteiger partial charge < -0.3 is 9.88 Å². The van der Waals surface area contributed by atoms with Gasteiger partial charge in [-0.1, -0.05) is 36.4 Å². The van der Waals surface area contributed by atoms with E-state index in [2.05, 4.69) is 16.1 Å². The molecular weight excluding hydrogens is 434 g/mol. The van der Waals surface area contributed by atoms with Crippen LogP contribution in [0, 0.1) is 17.0 Å². The molecule has 4 aromatic rings. The third-order valence-corrected chi connectivity index (χ3v) is 6.05. The first-order chi connectivity index (χ1) is 16.4. The number of aromatic amines is 1. The molecule has 0 saturated carbocycles. The van der Waals surface area contributed by atoms with Gasteiger partial charge in [0.1, 0.15) is 5.69 Å². The summed E-state index contributed by atoms with van der Waals surface area (Å²) >= 11 is 0. The number of nitrogens with zero attached hydrogens (tertiary/aromatic N) is 4. The molecule has 1 amide bonds. The summed E-state index contributed by atoms with van der Waals surface area (Å²) in [7, 11) is 0. The Kier molecular flexibility index (Phi) is 5.29. The number of amides is 1. The van der Waals surface area contributed by atoms with Gasteiger partial charge in [0, 0.05) is 53.6 Å². The molecule has 9 nitrogen and oxygen atoms in total. The molecule has 170 valence electrons. The van der Waals surface area contributed by atoms with Crippen molar-refractivity contribution in [2.75, 3.05) is 13.1 Å². The van der Waals surface area contributed by atoms with Crippen LogP contribution in [0.5, 0.6) is 0 Å². The summed E-state index contributed by atoms with van der Waals surface area (Å²) in [5.74, 6) is -0.494. The van der Waals surface area contributed by atoms with Crippen LogP contribution in [-0.4, -0.2) is 43.6 Å². The van der Waals surface area contributed by atoms with Crippen LogP contribution in [0.3, 0.4) is 0 Å². The van der Waals surface area contributed by atoms with Crippen LogP contribution in [0.1, 0.15) is 28.2 Å². The number of nitro groups is 1. The summed E-state index contributed by atoms with van der Waals surface area (Å²) in [6, 6.07) is 15.4. The Labute approximate surface area is 194 Å². The van der Waals surface area contributed by atoms with Crippen LogP contribution in [0.2, 0.25) is 0 Å². The smallest absolute Gasteiger partial charge is 0.294 e. The molecular formula is C25H21N5O4. The van der Waals surface area contributed by atoms with Crippen molar-refractivity contribution < 1.29 is 9.72 Å². The standard InChI is InChI=1S/C25H21N5O4/c1-16-14-23(31)24(27-29(16)21-8-4-5-9-22(21)30(33)34)25(32)28-12-10-17(11-13-28)19-15-26-20-7-3-2-6-18(19)20/h2-10,14-15,26H,11-13H2,1H3. The monoisotopic (exact) mass is 455 g/mol. The van der Waals surface area contributed by atoms with Crippen molar-refractivity contribution in [1.82, 2.24) is 19.7 Å². The molecule has 34 heavy (non-hydrogen) atoms. The highest BCUT2D eigenvalue weighted by Crippen LogP contribution is 2.29. The molecule has 9 heteroatoms. The maximum absolute atomic E-state index is 13.2. The second-order valence-corrected chi connectivity index (χ2v) is 8.13. The lowest BCUT2D eigenvalue weighted by Gasteiger charge is -2.26. The Balaban J connectivity index is 1.45. The van der Waals surface area contributed by atoms with E-state index < -0.39 is 16.3 Å². The molecule has 0 atom stereocenters. The minimum atomic E-state index is -0.516. The van der Waals surface area contributed by atoms with Crippen LogP contribution in [-0.2, 0) is 0 Å². The van der Waals surface area contributed by atoms with E-state index in [4.69, 9.17) is 0 Å². The van der Waals surface area contributed by atoms with Gasteiger partial charge >= 0.3 is 0 Å². The molecule has 0 bridgehead atoms. The highest BCUT2D eigenvalue weighted by Gasteiger charge is 2.25. The Morgan fingerprint density at radius 1 is 1.15 bits per heavy atom. The topological polar surface area (TPSA) is 114 Å². The van der Waals surface area contributed by atoms with Gasteiger partial charge in [-0.25, -0.2) is 4.68 Å². The second-order valence-electron chi connectivity index (χ2n) is 8.13. The SMILES string of the molecule is Cc1cc(=O)c(C(=O)N2CC=C(c3c[nH]c4ccccc34)CC2)nn1-c1ccccc1[N+](=O)[O-]. The maximum atomic E-state index is 13.2. The minimum absolute atomic E-state index is 0.163. The van der Waals surface area contributed by atoms with Crippen LogP contribution < -0.4 is 5.43 Å². The predicted molar refractivity (Wildman–Crippen MR) is 128 cm³/mol. The molecule has 0 radical (unpaired) electrons.